The predicted molar refractivity (Wildman–Crippen MR) is 125 cm³/mol. The lowest BCUT2D eigenvalue weighted by molar-refractivity contribution is -0.137. The fourth-order valence-electron chi connectivity index (χ4n) is 3.88. The molecular formula is C27H39NO2. The molecule has 0 saturated carbocycles. The summed E-state index contributed by atoms with van der Waals surface area (Å²) >= 11 is 0. The highest BCUT2D eigenvalue weighted by atomic mass is 16.5. The molecule has 164 valence electrons. The molecule has 0 radical (unpaired) electrons. The van der Waals surface area contributed by atoms with Crippen LogP contribution in [0.1, 0.15) is 72.4 Å². The van der Waals surface area contributed by atoms with E-state index >= 15 is 0 Å². The van der Waals surface area contributed by atoms with Gasteiger partial charge in [0, 0.05) is 18.5 Å². The summed E-state index contributed by atoms with van der Waals surface area (Å²) in [6.07, 6.45) is 1.62. The highest BCUT2D eigenvalue weighted by Crippen LogP contribution is 2.28. The lowest BCUT2D eigenvalue weighted by atomic mass is 9.84. The Balaban J connectivity index is 2.06. The summed E-state index contributed by atoms with van der Waals surface area (Å²) in [5.41, 5.74) is 2.23. The Hall–Kier alpha value is -2.29. The molecule has 0 aromatic heterocycles. The van der Waals surface area contributed by atoms with Crippen LogP contribution in [0.3, 0.4) is 0 Å². The number of carbonyl (C=O) groups excluding carboxylic acids is 1. The first-order valence-electron chi connectivity index (χ1n) is 11.0. The molecule has 0 heterocycles. The molecule has 2 aromatic carbocycles. The third-order valence-electron chi connectivity index (χ3n) is 5.08. The van der Waals surface area contributed by atoms with Gasteiger partial charge in [-0.05, 0) is 61.8 Å². The lowest BCUT2D eigenvalue weighted by Crippen LogP contribution is -2.45. The fourth-order valence-corrected chi connectivity index (χ4v) is 3.88. The maximum atomic E-state index is 13.2. The quantitative estimate of drug-likeness (QED) is 0.477. The summed E-state index contributed by atoms with van der Waals surface area (Å²) in [5.74, 6) is 1.41. The lowest BCUT2D eigenvalue weighted by Gasteiger charge is -2.37. The van der Waals surface area contributed by atoms with E-state index in [0.717, 1.165) is 23.3 Å². The second-order valence-electron chi connectivity index (χ2n) is 10.6. The molecule has 30 heavy (non-hydrogen) atoms. The van der Waals surface area contributed by atoms with Crippen LogP contribution in [0.5, 0.6) is 5.75 Å². The van der Waals surface area contributed by atoms with E-state index in [4.69, 9.17) is 4.74 Å². The van der Waals surface area contributed by atoms with Crippen molar-refractivity contribution in [2.24, 2.45) is 11.3 Å². The smallest absolute Gasteiger partial charge is 0.223 e. The van der Waals surface area contributed by atoms with Crippen LogP contribution in [0.2, 0.25) is 0 Å². The Bertz CT molecular complexity index is 800. The van der Waals surface area contributed by atoms with E-state index in [1.807, 2.05) is 41.3 Å². The SMILES string of the molecule is CC(CC(=O)N(Cc1cccc(OCc2ccccc2)c1)C(C)(C)C)CC(C)(C)C. The van der Waals surface area contributed by atoms with Gasteiger partial charge < -0.3 is 9.64 Å². The third kappa shape index (κ3) is 8.22. The normalized spacial score (nSPS) is 13.0. The van der Waals surface area contributed by atoms with Gasteiger partial charge in [-0.25, -0.2) is 0 Å². The van der Waals surface area contributed by atoms with Crippen molar-refractivity contribution in [2.75, 3.05) is 0 Å². The molecule has 0 saturated heterocycles. The van der Waals surface area contributed by atoms with E-state index in [-0.39, 0.29) is 16.9 Å². The molecular weight excluding hydrogens is 370 g/mol. The van der Waals surface area contributed by atoms with E-state index in [1.165, 1.54) is 0 Å². The Morgan fingerprint density at radius 3 is 2.17 bits per heavy atom. The van der Waals surface area contributed by atoms with Crippen molar-refractivity contribution < 1.29 is 9.53 Å². The molecule has 2 rings (SSSR count). The molecule has 0 aliphatic heterocycles. The summed E-state index contributed by atoms with van der Waals surface area (Å²) in [7, 11) is 0. The zero-order valence-electron chi connectivity index (χ0n) is 19.9. The summed E-state index contributed by atoms with van der Waals surface area (Å²) in [6, 6.07) is 18.2. The molecule has 0 aliphatic carbocycles. The monoisotopic (exact) mass is 409 g/mol. The van der Waals surface area contributed by atoms with Gasteiger partial charge in [-0.2, -0.15) is 0 Å². The van der Waals surface area contributed by atoms with Gasteiger partial charge in [0.15, 0.2) is 0 Å². The molecule has 3 heteroatoms. The number of hydrogen-bond donors (Lipinski definition) is 0. The van der Waals surface area contributed by atoms with E-state index in [1.54, 1.807) is 0 Å². The molecule has 0 fully saturated rings. The van der Waals surface area contributed by atoms with Crippen molar-refractivity contribution in [3.63, 3.8) is 0 Å². The third-order valence-corrected chi connectivity index (χ3v) is 5.08. The van der Waals surface area contributed by atoms with Crippen molar-refractivity contribution in [3.05, 3.63) is 65.7 Å². The van der Waals surface area contributed by atoms with Gasteiger partial charge in [0.05, 0.1) is 0 Å². The first kappa shape index (κ1) is 24.0. The topological polar surface area (TPSA) is 29.5 Å². The minimum atomic E-state index is -0.237. The Labute approximate surface area is 183 Å². The van der Waals surface area contributed by atoms with Crippen LogP contribution in [0.15, 0.2) is 54.6 Å². The Morgan fingerprint density at radius 1 is 0.933 bits per heavy atom. The summed E-state index contributed by atoms with van der Waals surface area (Å²) < 4.78 is 5.98. The molecule has 1 unspecified atom stereocenters. The molecule has 0 spiro atoms. The van der Waals surface area contributed by atoms with E-state index in [9.17, 15) is 4.79 Å². The maximum Gasteiger partial charge on any atom is 0.223 e. The second kappa shape index (κ2) is 10.1. The molecule has 0 bridgehead atoms. The van der Waals surface area contributed by atoms with Crippen molar-refractivity contribution >= 4 is 5.91 Å². The van der Waals surface area contributed by atoms with Crippen LogP contribution in [-0.4, -0.2) is 16.3 Å². The molecule has 1 atom stereocenters. The zero-order chi connectivity index (χ0) is 22.4. The number of benzene rings is 2. The Morgan fingerprint density at radius 2 is 1.57 bits per heavy atom. The van der Waals surface area contributed by atoms with Gasteiger partial charge in [0.2, 0.25) is 5.91 Å². The van der Waals surface area contributed by atoms with E-state index < -0.39 is 0 Å². The average molecular weight is 410 g/mol. The molecule has 2 aromatic rings. The average Bonchev–Trinajstić information content (AvgIpc) is 2.63. The number of nitrogens with zero attached hydrogens (tertiary/aromatic N) is 1. The summed E-state index contributed by atoms with van der Waals surface area (Å²) in [5, 5.41) is 0. The van der Waals surface area contributed by atoms with Crippen LogP contribution in [-0.2, 0) is 17.9 Å². The van der Waals surface area contributed by atoms with Gasteiger partial charge in [0.1, 0.15) is 12.4 Å². The predicted octanol–water partition coefficient (Wildman–Crippen LogP) is 6.86. The van der Waals surface area contributed by atoms with Crippen molar-refractivity contribution in [3.8, 4) is 5.75 Å². The standard InChI is InChI=1S/C27H39NO2/c1-21(18-26(2,3)4)16-25(29)28(27(5,6)7)19-23-14-11-15-24(17-23)30-20-22-12-9-8-10-13-22/h8-15,17,21H,16,18-20H2,1-7H3. The van der Waals surface area contributed by atoms with Crippen LogP contribution in [0, 0.1) is 11.3 Å². The number of hydrogen-bond acceptors (Lipinski definition) is 2. The highest BCUT2D eigenvalue weighted by Gasteiger charge is 2.28. The minimum Gasteiger partial charge on any atom is -0.489 e. The van der Waals surface area contributed by atoms with Crippen LogP contribution in [0.4, 0.5) is 0 Å². The second-order valence-corrected chi connectivity index (χ2v) is 10.6. The highest BCUT2D eigenvalue weighted by molar-refractivity contribution is 5.77. The van der Waals surface area contributed by atoms with Gasteiger partial charge >= 0.3 is 0 Å². The van der Waals surface area contributed by atoms with Crippen molar-refractivity contribution in [2.45, 2.75) is 80.0 Å². The van der Waals surface area contributed by atoms with E-state index in [2.05, 4.69) is 66.7 Å². The van der Waals surface area contributed by atoms with Crippen molar-refractivity contribution in [1.82, 2.24) is 4.90 Å². The van der Waals surface area contributed by atoms with Gasteiger partial charge in [-0.3, -0.25) is 4.79 Å². The van der Waals surface area contributed by atoms with Crippen LogP contribution < -0.4 is 4.74 Å². The van der Waals surface area contributed by atoms with Crippen LogP contribution in [0.25, 0.3) is 0 Å². The first-order valence-corrected chi connectivity index (χ1v) is 11.0. The Kier molecular flexibility index (Phi) is 8.11. The maximum absolute atomic E-state index is 13.2. The van der Waals surface area contributed by atoms with Gasteiger partial charge in [-0.15, -0.1) is 0 Å². The van der Waals surface area contributed by atoms with Crippen LogP contribution >= 0.6 is 0 Å². The number of ether oxygens (including phenoxy) is 1. The van der Waals surface area contributed by atoms with E-state index in [0.29, 0.717) is 25.5 Å². The molecule has 0 aliphatic rings. The zero-order valence-corrected chi connectivity index (χ0v) is 19.9. The summed E-state index contributed by atoms with van der Waals surface area (Å²) in [4.78, 5) is 15.2. The number of rotatable bonds is 8. The number of carbonyl (C=O) groups is 1. The van der Waals surface area contributed by atoms with Gasteiger partial charge in [0.25, 0.3) is 0 Å². The number of amides is 1. The molecule has 0 N–H and O–H groups in total. The molecule has 3 nitrogen and oxygen atoms in total. The fraction of sp³-hybridized carbons (Fsp3) is 0.519. The van der Waals surface area contributed by atoms with Crippen molar-refractivity contribution in [1.29, 1.82) is 0 Å². The largest absolute Gasteiger partial charge is 0.489 e. The first-order chi connectivity index (χ1) is 13.9. The minimum absolute atomic E-state index is 0.217. The summed E-state index contributed by atoms with van der Waals surface area (Å²) in [6.45, 7) is 16.3. The molecule has 1 amide bonds. The van der Waals surface area contributed by atoms with Gasteiger partial charge in [-0.1, -0.05) is 70.2 Å².